The average Bonchev–Trinajstić information content (AvgIpc) is 3.10. The second-order valence-electron chi connectivity index (χ2n) is 6.46. The van der Waals surface area contributed by atoms with Crippen molar-refractivity contribution in [2.45, 2.75) is 12.3 Å². The topological polar surface area (TPSA) is 99.2 Å². The Labute approximate surface area is 159 Å². The van der Waals surface area contributed by atoms with E-state index in [4.69, 9.17) is 10.5 Å². The SMILES string of the molecule is NC(=O)COc1ccc(C2CC(=O)Nc3c2ncn3-c2cccc(F)c2)cc1. The highest BCUT2D eigenvalue weighted by molar-refractivity contribution is 5.94. The van der Waals surface area contributed by atoms with E-state index >= 15 is 0 Å². The number of halogens is 1. The summed E-state index contributed by atoms with van der Waals surface area (Å²) in [6, 6.07) is 13.2. The quantitative estimate of drug-likeness (QED) is 0.710. The number of carbonyl (C=O) groups is 2. The van der Waals surface area contributed by atoms with Crippen LogP contribution >= 0.6 is 0 Å². The lowest BCUT2D eigenvalue weighted by Gasteiger charge is -2.23. The third kappa shape index (κ3) is 3.44. The van der Waals surface area contributed by atoms with Crippen LogP contribution < -0.4 is 15.8 Å². The van der Waals surface area contributed by atoms with Gasteiger partial charge in [-0.3, -0.25) is 14.2 Å². The van der Waals surface area contributed by atoms with Gasteiger partial charge < -0.3 is 15.8 Å². The number of rotatable bonds is 5. The number of nitrogens with zero attached hydrogens (tertiary/aromatic N) is 2. The smallest absolute Gasteiger partial charge is 0.255 e. The van der Waals surface area contributed by atoms with Crippen molar-refractivity contribution in [3.05, 3.63) is 71.9 Å². The molecule has 3 N–H and O–H groups in total. The summed E-state index contributed by atoms with van der Waals surface area (Å²) in [4.78, 5) is 27.6. The number of hydrogen-bond donors (Lipinski definition) is 2. The van der Waals surface area contributed by atoms with Gasteiger partial charge in [0.25, 0.3) is 5.91 Å². The van der Waals surface area contributed by atoms with Crippen molar-refractivity contribution in [2.75, 3.05) is 11.9 Å². The molecule has 28 heavy (non-hydrogen) atoms. The molecule has 0 radical (unpaired) electrons. The van der Waals surface area contributed by atoms with E-state index < -0.39 is 5.91 Å². The Morgan fingerprint density at radius 3 is 2.79 bits per heavy atom. The average molecular weight is 380 g/mol. The Balaban J connectivity index is 1.66. The van der Waals surface area contributed by atoms with Crippen molar-refractivity contribution in [3.8, 4) is 11.4 Å². The second-order valence-corrected chi connectivity index (χ2v) is 6.46. The monoisotopic (exact) mass is 380 g/mol. The molecule has 0 fully saturated rings. The van der Waals surface area contributed by atoms with Gasteiger partial charge in [0.2, 0.25) is 5.91 Å². The van der Waals surface area contributed by atoms with Gasteiger partial charge in [-0.15, -0.1) is 0 Å². The van der Waals surface area contributed by atoms with Gasteiger partial charge >= 0.3 is 0 Å². The minimum absolute atomic E-state index is 0.148. The first-order valence-electron chi connectivity index (χ1n) is 8.65. The molecule has 2 amide bonds. The molecular formula is C20H17FN4O3. The molecule has 1 aliphatic heterocycles. The van der Waals surface area contributed by atoms with Crippen LogP contribution in [0.1, 0.15) is 23.6 Å². The number of aromatic nitrogens is 2. The number of hydrogen-bond acceptors (Lipinski definition) is 4. The maximum absolute atomic E-state index is 13.6. The first-order valence-corrected chi connectivity index (χ1v) is 8.65. The zero-order chi connectivity index (χ0) is 19.7. The maximum atomic E-state index is 13.6. The summed E-state index contributed by atoms with van der Waals surface area (Å²) >= 11 is 0. The van der Waals surface area contributed by atoms with E-state index in [0.717, 1.165) is 5.56 Å². The van der Waals surface area contributed by atoms with Crippen LogP contribution in [-0.2, 0) is 9.59 Å². The first-order chi connectivity index (χ1) is 13.5. The lowest BCUT2D eigenvalue weighted by Crippen LogP contribution is -2.25. The van der Waals surface area contributed by atoms with Gasteiger partial charge in [-0.05, 0) is 35.9 Å². The van der Waals surface area contributed by atoms with Gasteiger partial charge in [-0.2, -0.15) is 0 Å². The van der Waals surface area contributed by atoms with E-state index in [9.17, 15) is 14.0 Å². The second kappa shape index (κ2) is 7.15. The zero-order valence-electron chi connectivity index (χ0n) is 14.8. The molecule has 0 aliphatic carbocycles. The van der Waals surface area contributed by atoms with Crippen LogP contribution in [0.5, 0.6) is 5.75 Å². The van der Waals surface area contributed by atoms with Gasteiger partial charge in [0.1, 0.15) is 23.7 Å². The lowest BCUT2D eigenvalue weighted by atomic mass is 9.90. The van der Waals surface area contributed by atoms with Crippen LogP contribution in [0, 0.1) is 5.82 Å². The van der Waals surface area contributed by atoms with Gasteiger partial charge in [-0.1, -0.05) is 18.2 Å². The summed E-state index contributed by atoms with van der Waals surface area (Å²) in [7, 11) is 0. The molecule has 142 valence electrons. The normalized spacial score (nSPS) is 15.6. The van der Waals surface area contributed by atoms with Crippen LogP contribution in [0.2, 0.25) is 0 Å². The van der Waals surface area contributed by atoms with E-state index in [1.54, 1.807) is 35.2 Å². The molecule has 0 bridgehead atoms. The molecule has 0 spiro atoms. The molecular weight excluding hydrogens is 363 g/mol. The van der Waals surface area contributed by atoms with E-state index in [1.165, 1.54) is 12.1 Å². The fourth-order valence-corrected chi connectivity index (χ4v) is 3.25. The van der Waals surface area contributed by atoms with Crippen LogP contribution in [0.15, 0.2) is 54.9 Å². The van der Waals surface area contributed by atoms with Crippen LogP contribution in [-0.4, -0.2) is 28.0 Å². The Morgan fingerprint density at radius 2 is 2.07 bits per heavy atom. The molecule has 1 aromatic heterocycles. The third-order valence-corrected chi connectivity index (χ3v) is 4.52. The summed E-state index contributed by atoms with van der Waals surface area (Å²) in [5.74, 6) is -0.284. The van der Waals surface area contributed by atoms with Crippen molar-refractivity contribution in [2.24, 2.45) is 5.73 Å². The number of fused-ring (bicyclic) bond motifs is 1. The number of amides is 2. The maximum Gasteiger partial charge on any atom is 0.255 e. The number of imidazole rings is 1. The minimum Gasteiger partial charge on any atom is -0.484 e. The van der Waals surface area contributed by atoms with Crippen molar-refractivity contribution >= 4 is 17.6 Å². The predicted octanol–water partition coefficient (Wildman–Crippen LogP) is 2.35. The predicted molar refractivity (Wildman–Crippen MR) is 99.7 cm³/mol. The number of primary amides is 1. The number of ether oxygens (including phenoxy) is 1. The van der Waals surface area contributed by atoms with Gasteiger partial charge in [-0.25, -0.2) is 9.37 Å². The molecule has 8 heteroatoms. The summed E-state index contributed by atoms with van der Waals surface area (Å²) in [5.41, 5.74) is 7.23. The number of benzene rings is 2. The Hall–Kier alpha value is -3.68. The van der Waals surface area contributed by atoms with Crippen molar-refractivity contribution in [3.63, 3.8) is 0 Å². The molecule has 0 saturated carbocycles. The van der Waals surface area contributed by atoms with Crippen molar-refractivity contribution in [1.82, 2.24) is 9.55 Å². The molecule has 4 rings (SSSR count). The first kappa shape index (κ1) is 17.7. The standard InChI is InChI=1S/C20H17FN4O3/c21-13-2-1-3-14(8-13)25-11-23-19-16(9-18(27)24-20(19)25)12-4-6-15(7-5-12)28-10-17(22)26/h1-8,11,16H,9-10H2,(H2,22,26)(H,24,27). The summed E-state index contributed by atoms with van der Waals surface area (Å²) < 4.78 is 20.5. The van der Waals surface area contributed by atoms with E-state index in [-0.39, 0.29) is 30.7 Å². The summed E-state index contributed by atoms with van der Waals surface area (Å²) in [6.07, 6.45) is 1.82. The van der Waals surface area contributed by atoms with Crippen molar-refractivity contribution < 1.29 is 18.7 Å². The zero-order valence-corrected chi connectivity index (χ0v) is 14.8. The van der Waals surface area contributed by atoms with Gasteiger partial charge in [0.15, 0.2) is 6.61 Å². The molecule has 2 aromatic carbocycles. The van der Waals surface area contributed by atoms with Crippen LogP contribution in [0.3, 0.4) is 0 Å². The molecule has 7 nitrogen and oxygen atoms in total. The van der Waals surface area contributed by atoms with Gasteiger partial charge in [0, 0.05) is 12.3 Å². The van der Waals surface area contributed by atoms with Crippen LogP contribution in [0.4, 0.5) is 10.2 Å². The molecule has 3 aromatic rings. The van der Waals surface area contributed by atoms with E-state index in [1.807, 2.05) is 12.1 Å². The highest BCUT2D eigenvalue weighted by Gasteiger charge is 2.31. The molecule has 2 heterocycles. The molecule has 1 atom stereocenters. The Bertz CT molecular complexity index is 1050. The van der Waals surface area contributed by atoms with Crippen LogP contribution in [0.25, 0.3) is 5.69 Å². The fraction of sp³-hybridized carbons (Fsp3) is 0.150. The number of anilines is 1. The van der Waals surface area contributed by atoms with E-state index in [0.29, 0.717) is 22.9 Å². The Kier molecular flexibility index (Phi) is 4.52. The molecule has 1 unspecified atom stereocenters. The number of carbonyl (C=O) groups excluding carboxylic acids is 2. The van der Waals surface area contributed by atoms with Gasteiger partial charge in [0.05, 0.1) is 11.4 Å². The van der Waals surface area contributed by atoms with Crippen molar-refractivity contribution in [1.29, 1.82) is 0 Å². The molecule has 1 aliphatic rings. The number of nitrogens with two attached hydrogens (primary N) is 1. The largest absolute Gasteiger partial charge is 0.484 e. The highest BCUT2D eigenvalue weighted by Crippen LogP contribution is 2.37. The highest BCUT2D eigenvalue weighted by atomic mass is 19.1. The lowest BCUT2D eigenvalue weighted by molar-refractivity contribution is -0.120. The number of nitrogens with one attached hydrogen (secondary N) is 1. The fourth-order valence-electron chi connectivity index (χ4n) is 3.25. The third-order valence-electron chi connectivity index (χ3n) is 4.52. The Morgan fingerprint density at radius 1 is 1.29 bits per heavy atom. The summed E-state index contributed by atoms with van der Waals surface area (Å²) in [5, 5.41) is 2.83. The summed E-state index contributed by atoms with van der Waals surface area (Å²) in [6.45, 7) is -0.201. The molecule has 0 saturated heterocycles. The van der Waals surface area contributed by atoms with E-state index in [2.05, 4.69) is 10.3 Å². The minimum atomic E-state index is -0.555.